The topological polar surface area (TPSA) is 61.6 Å². The van der Waals surface area contributed by atoms with Crippen molar-refractivity contribution in [2.75, 3.05) is 32.7 Å². The van der Waals surface area contributed by atoms with Crippen LogP contribution in [0.3, 0.4) is 0 Å². The smallest absolute Gasteiger partial charge is 0.332 e. The maximum Gasteiger partial charge on any atom is 0.332 e. The van der Waals surface area contributed by atoms with Crippen molar-refractivity contribution >= 4 is 5.97 Å². The third-order valence-electron chi connectivity index (χ3n) is 3.49. The van der Waals surface area contributed by atoms with Crippen LogP contribution in [0.1, 0.15) is 5.69 Å². The number of hydrogen-bond donors (Lipinski definition) is 1. The molecule has 2 heterocycles. The average molecular weight is 264 g/mol. The van der Waals surface area contributed by atoms with E-state index in [-0.39, 0.29) is 5.57 Å². The van der Waals surface area contributed by atoms with E-state index in [0.717, 1.165) is 32.7 Å². The number of aryl methyl sites for hydroxylation is 1. The van der Waals surface area contributed by atoms with Gasteiger partial charge in [-0.25, -0.2) is 4.79 Å². The van der Waals surface area contributed by atoms with Crippen molar-refractivity contribution < 1.29 is 9.90 Å². The highest BCUT2D eigenvalue weighted by molar-refractivity contribution is 5.86. The van der Waals surface area contributed by atoms with Crippen molar-refractivity contribution in [1.82, 2.24) is 19.6 Å². The molecule has 0 bridgehead atoms. The van der Waals surface area contributed by atoms with Crippen molar-refractivity contribution in [3.05, 3.63) is 30.1 Å². The Bertz CT molecular complexity index is 461. The average Bonchev–Trinajstić information content (AvgIpc) is 2.77. The first-order valence-electron chi connectivity index (χ1n) is 6.39. The molecule has 0 spiro atoms. The van der Waals surface area contributed by atoms with E-state index >= 15 is 0 Å². The standard InChI is InChI=1S/C13H20N4O2/c1-11(13(18)19)9-16-5-7-17(8-6-16)10-12-3-4-14-15(12)2/h3-4H,1,5-10H2,2H3,(H,18,19). The lowest BCUT2D eigenvalue weighted by Gasteiger charge is -2.34. The molecule has 1 aliphatic heterocycles. The fourth-order valence-electron chi connectivity index (χ4n) is 2.23. The molecule has 1 aromatic rings. The number of carbonyl (C=O) groups is 1. The fourth-order valence-corrected chi connectivity index (χ4v) is 2.23. The Kier molecular flexibility index (Phi) is 4.34. The van der Waals surface area contributed by atoms with Crippen LogP contribution in [0.15, 0.2) is 24.4 Å². The Labute approximate surface area is 112 Å². The predicted molar refractivity (Wildman–Crippen MR) is 71.7 cm³/mol. The molecule has 104 valence electrons. The second-order valence-electron chi connectivity index (χ2n) is 4.91. The zero-order valence-corrected chi connectivity index (χ0v) is 11.2. The molecule has 19 heavy (non-hydrogen) atoms. The molecule has 0 radical (unpaired) electrons. The first kappa shape index (κ1) is 13.8. The Hall–Kier alpha value is -1.66. The molecule has 2 rings (SSSR count). The van der Waals surface area contributed by atoms with Crippen molar-refractivity contribution in [2.24, 2.45) is 7.05 Å². The van der Waals surface area contributed by atoms with Crippen molar-refractivity contribution in [2.45, 2.75) is 6.54 Å². The highest BCUT2D eigenvalue weighted by Gasteiger charge is 2.19. The SMILES string of the molecule is C=C(CN1CCN(Cc2ccnn2C)CC1)C(=O)O. The summed E-state index contributed by atoms with van der Waals surface area (Å²) in [6.45, 7) is 8.56. The second kappa shape index (κ2) is 5.99. The first-order valence-corrected chi connectivity index (χ1v) is 6.39. The number of aliphatic carboxylic acids is 1. The number of hydrogen-bond acceptors (Lipinski definition) is 4. The minimum Gasteiger partial charge on any atom is -0.478 e. The van der Waals surface area contributed by atoms with E-state index in [1.54, 1.807) is 0 Å². The van der Waals surface area contributed by atoms with E-state index in [9.17, 15) is 4.79 Å². The Morgan fingerprint density at radius 1 is 1.37 bits per heavy atom. The van der Waals surface area contributed by atoms with Gasteiger partial charge in [-0.2, -0.15) is 5.10 Å². The van der Waals surface area contributed by atoms with Crippen molar-refractivity contribution in [3.8, 4) is 0 Å². The van der Waals surface area contributed by atoms with Gasteiger partial charge >= 0.3 is 5.97 Å². The van der Waals surface area contributed by atoms with Crippen LogP contribution < -0.4 is 0 Å². The van der Waals surface area contributed by atoms with Crippen LogP contribution in [-0.2, 0) is 18.4 Å². The number of aromatic nitrogens is 2. The van der Waals surface area contributed by atoms with Crippen LogP contribution in [0.5, 0.6) is 0 Å². The van der Waals surface area contributed by atoms with Gasteiger partial charge in [-0.05, 0) is 6.07 Å². The van der Waals surface area contributed by atoms with Crippen LogP contribution in [0, 0.1) is 0 Å². The molecular weight excluding hydrogens is 244 g/mol. The van der Waals surface area contributed by atoms with Gasteiger partial charge < -0.3 is 5.11 Å². The first-order chi connectivity index (χ1) is 9.06. The van der Waals surface area contributed by atoms with E-state index in [1.165, 1.54) is 5.69 Å². The van der Waals surface area contributed by atoms with Gasteiger partial charge in [0.2, 0.25) is 0 Å². The van der Waals surface area contributed by atoms with Gasteiger partial charge in [0.15, 0.2) is 0 Å². The van der Waals surface area contributed by atoms with Crippen LogP contribution in [-0.4, -0.2) is 63.4 Å². The molecule has 1 aliphatic rings. The van der Waals surface area contributed by atoms with Crippen LogP contribution in [0.4, 0.5) is 0 Å². The maximum absolute atomic E-state index is 10.7. The fraction of sp³-hybridized carbons (Fsp3) is 0.538. The number of piperazine rings is 1. The predicted octanol–water partition coefficient (Wildman–Crippen LogP) is 0.179. The molecule has 0 amide bonds. The van der Waals surface area contributed by atoms with Gasteiger partial charge in [-0.15, -0.1) is 0 Å². The summed E-state index contributed by atoms with van der Waals surface area (Å²) in [6.07, 6.45) is 1.81. The molecule has 0 saturated carbocycles. The minimum atomic E-state index is -0.905. The molecule has 1 saturated heterocycles. The lowest BCUT2D eigenvalue weighted by molar-refractivity contribution is -0.132. The summed E-state index contributed by atoms with van der Waals surface area (Å²) >= 11 is 0. The number of carboxylic acids is 1. The number of nitrogens with zero attached hydrogens (tertiary/aromatic N) is 4. The van der Waals surface area contributed by atoms with Crippen molar-refractivity contribution in [1.29, 1.82) is 0 Å². The molecule has 0 atom stereocenters. The summed E-state index contributed by atoms with van der Waals surface area (Å²) in [6, 6.07) is 2.03. The van der Waals surface area contributed by atoms with Gasteiger partial charge in [0.25, 0.3) is 0 Å². The molecule has 6 nitrogen and oxygen atoms in total. The molecular formula is C13H20N4O2. The summed E-state index contributed by atoms with van der Waals surface area (Å²) in [4.78, 5) is 15.2. The van der Waals surface area contributed by atoms with Crippen LogP contribution >= 0.6 is 0 Å². The highest BCUT2D eigenvalue weighted by atomic mass is 16.4. The van der Waals surface area contributed by atoms with Crippen LogP contribution in [0.25, 0.3) is 0 Å². The van der Waals surface area contributed by atoms with E-state index in [1.807, 2.05) is 24.0 Å². The van der Waals surface area contributed by atoms with E-state index in [2.05, 4.69) is 21.5 Å². The monoisotopic (exact) mass is 264 g/mol. The van der Waals surface area contributed by atoms with Crippen molar-refractivity contribution in [3.63, 3.8) is 0 Å². The Morgan fingerprint density at radius 3 is 2.53 bits per heavy atom. The summed E-state index contributed by atoms with van der Waals surface area (Å²) in [7, 11) is 1.95. The zero-order valence-electron chi connectivity index (χ0n) is 11.2. The van der Waals surface area contributed by atoms with Crippen LogP contribution in [0.2, 0.25) is 0 Å². The van der Waals surface area contributed by atoms with E-state index < -0.39 is 5.97 Å². The minimum absolute atomic E-state index is 0.264. The highest BCUT2D eigenvalue weighted by Crippen LogP contribution is 2.08. The molecule has 0 unspecified atom stereocenters. The largest absolute Gasteiger partial charge is 0.478 e. The zero-order chi connectivity index (χ0) is 13.8. The summed E-state index contributed by atoms with van der Waals surface area (Å²) in [5.41, 5.74) is 1.46. The number of carboxylic acid groups (broad SMARTS) is 1. The van der Waals surface area contributed by atoms with Gasteiger partial charge in [-0.3, -0.25) is 14.5 Å². The molecule has 1 aromatic heterocycles. The van der Waals surface area contributed by atoms with Gasteiger partial charge in [0, 0.05) is 58.1 Å². The quantitative estimate of drug-likeness (QED) is 0.769. The van der Waals surface area contributed by atoms with Gasteiger partial charge in [0.1, 0.15) is 0 Å². The van der Waals surface area contributed by atoms with Gasteiger partial charge in [0.05, 0.1) is 5.69 Å². The lowest BCUT2D eigenvalue weighted by atomic mass is 10.2. The van der Waals surface area contributed by atoms with E-state index in [0.29, 0.717) is 6.54 Å². The second-order valence-corrected chi connectivity index (χ2v) is 4.91. The van der Waals surface area contributed by atoms with Gasteiger partial charge in [-0.1, -0.05) is 6.58 Å². The third-order valence-corrected chi connectivity index (χ3v) is 3.49. The molecule has 1 N–H and O–H groups in total. The Balaban J connectivity index is 1.78. The summed E-state index contributed by atoms with van der Waals surface area (Å²) < 4.78 is 1.89. The molecule has 0 aliphatic carbocycles. The van der Waals surface area contributed by atoms with E-state index in [4.69, 9.17) is 5.11 Å². The normalized spacial score (nSPS) is 17.5. The summed E-state index contributed by atoms with van der Waals surface area (Å²) in [5, 5.41) is 13.0. The third kappa shape index (κ3) is 3.65. The molecule has 1 fully saturated rings. The number of rotatable bonds is 5. The lowest BCUT2D eigenvalue weighted by Crippen LogP contribution is -2.46. The Morgan fingerprint density at radius 2 is 2.00 bits per heavy atom. The summed E-state index contributed by atoms with van der Waals surface area (Å²) in [5.74, 6) is -0.905. The maximum atomic E-state index is 10.7. The molecule has 6 heteroatoms. The molecule has 0 aromatic carbocycles.